The van der Waals surface area contributed by atoms with Crippen LogP contribution < -0.4 is 9.46 Å². The number of rotatable bonds is 8. The zero-order valence-electron chi connectivity index (χ0n) is 18.9. The fourth-order valence-electron chi connectivity index (χ4n) is 4.17. The first-order valence-corrected chi connectivity index (χ1v) is 12.8. The Balaban J connectivity index is 1.32. The maximum atomic E-state index is 13.0. The van der Waals surface area contributed by atoms with Crippen molar-refractivity contribution in [2.24, 2.45) is 0 Å². The number of nitrogens with zero attached hydrogens (tertiary/aromatic N) is 2. The minimum Gasteiger partial charge on any atom is -0.497 e. The van der Waals surface area contributed by atoms with Crippen molar-refractivity contribution >= 4 is 15.9 Å². The molecule has 9 heteroatoms. The summed E-state index contributed by atoms with van der Waals surface area (Å²) in [7, 11) is -2.05. The van der Waals surface area contributed by atoms with E-state index in [0.717, 1.165) is 38.2 Å². The van der Waals surface area contributed by atoms with Gasteiger partial charge in [0.15, 0.2) is 0 Å². The third kappa shape index (κ3) is 6.11. The lowest BCUT2D eigenvalue weighted by Crippen LogP contribution is -2.48. The van der Waals surface area contributed by atoms with Crippen molar-refractivity contribution in [3.63, 3.8) is 0 Å². The molecule has 2 heterocycles. The molecule has 1 atom stereocenters. The van der Waals surface area contributed by atoms with E-state index in [0.29, 0.717) is 25.3 Å². The van der Waals surface area contributed by atoms with Gasteiger partial charge in [-0.05, 0) is 48.7 Å². The van der Waals surface area contributed by atoms with E-state index in [2.05, 4.69) is 21.8 Å². The first kappa shape index (κ1) is 23.7. The highest BCUT2D eigenvalue weighted by Gasteiger charge is 2.25. The summed E-state index contributed by atoms with van der Waals surface area (Å²) in [5.74, 6) is 0.691. The van der Waals surface area contributed by atoms with E-state index in [1.54, 1.807) is 24.1 Å². The average Bonchev–Trinajstić information content (AvgIpc) is 3.37. The third-order valence-electron chi connectivity index (χ3n) is 6.14. The van der Waals surface area contributed by atoms with Crippen LogP contribution in [0.5, 0.6) is 5.75 Å². The Labute approximate surface area is 195 Å². The Morgan fingerprint density at radius 3 is 2.55 bits per heavy atom. The van der Waals surface area contributed by atoms with Gasteiger partial charge < -0.3 is 14.4 Å². The molecule has 0 aliphatic carbocycles. The predicted octanol–water partition coefficient (Wildman–Crippen LogP) is 2.11. The Morgan fingerprint density at radius 2 is 1.88 bits per heavy atom. The van der Waals surface area contributed by atoms with Gasteiger partial charge in [-0.25, -0.2) is 13.1 Å². The molecule has 33 heavy (non-hydrogen) atoms. The van der Waals surface area contributed by atoms with Crippen LogP contribution in [0, 0.1) is 0 Å². The maximum absolute atomic E-state index is 13.0. The van der Waals surface area contributed by atoms with Crippen molar-refractivity contribution < 1.29 is 22.7 Å². The summed E-state index contributed by atoms with van der Waals surface area (Å²) < 4.78 is 38.7. The molecule has 1 N–H and O–H groups in total. The van der Waals surface area contributed by atoms with Gasteiger partial charge in [0.05, 0.1) is 18.1 Å². The molecule has 0 saturated carbocycles. The molecule has 2 aromatic rings. The van der Waals surface area contributed by atoms with Gasteiger partial charge in [0.25, 0.3) is 5.91 Å². The number of amides is 1. The largest absolute Gasteiger partial charge is 0.497 e. The van der Waals surface area contributed by atoms with Crippen LogP contribution in [0.15, 0.2) is 53.4 Å². The zero-order chi connectivity index (χ0) is 23.3. The Morgan fingerprint density at radius 1 is 1.12 bits per heavy atom. The van der Waals surface area contributed by atoms with Gasteiger partial charge >= 0.3 is 0 Å². The van der Waals surface area contributed by atoms with Crippen molar-refractivity contribution in [2.75, 3.05) is 46.4 Å². The molecule has 0 aromatic heterocycles. The number of benzene rings is 2. The average molecular weight is 474 g/mol. The Kier molecular flexibility index (Phi) is 7.64. The molecule has 178 valence electrons. The van der Waals surface area contributed by atoms with Gasteiger partial charge in [0.1, 0.15) is 5.75 Å². The van der Waals surface area contributed by atoms with Crippen LogP contribution in [0.25, 0.3) is 0 Å². The molecular formula is C24H31N3O5S. The number of sulfonamides is 1. The molecule has 2 saturated heterocycles. The molecule has 2 fully saturated rings. The fraction of sp³-hybridized carbons (Fsp3) is 0.458. The van der Waals surface area contributed by atoms with E-state index < -0.39 is 10.0 Å². The molecule has 1 amide bonds. The summed E-state index contributed by atoms with van der Waals surface area (Å²) in [4.78, 5) is 17.2. The predicted molar refractivity (Wildman–Crippen MR) is 125 cm³/mol. The van der Waals surface area contributed by atoms with Gasteiger partial charge in [-0.1, -0.05) is 18.2 Å². The number of nitrogens with one attached hydrogen (secondary N) is 1. The number of ether oxygens (including phenoxy) is 2. The van der Waals surface area contributed by atoms with E-state index >= 15 is 0 Å². The van der Waals surface area contributed by atoms with E-state index in [1.165, 1.54) is 17.7 Å². The Hall–Kier alpha value is -2.46. The number of hydrogen-bond acceptors (Lipinski definition) is 6. The molecule has 2 aliphatic heterocycles. The maximum Gasteiger partial charge on any atom is 0.253 e. The molecule has 4 rings (SSSR count). The highest BCUT2D eigenvalue weighted by molar-refractivity contribution is 7.89. The highest BCUT2D eigenvalue weighted by atomic mass is 32.2. The zero-order valence-corrected chi connectivity index (χ0v) is 19.7. The van der Waals surface area contributed by atoms with Crippen LogP contribution in [0.4, 0.5) is 0 Å². The quantitative estimate of drug-likeness (QED) is 0.632. The van der Waals surface area contributed by atoms with Crippen LogP contribution in [-0.2, 0) is 21.3 Å². The van der Waals surface area contributed by atoms with E-state index in [-0.39, 0.29) is 23.5 Å². The fourth-order valence-corrected chi connectivity index (χ4v) is 5.28. The van der Waals surface area contributed by atoms with Crippen molar-refractivity contribution in [1.29, 1.82) is 0 Å². The second-order valence-corrected chi connectivity index (χ2v) is 10.2. The van der Waals surface area contributed by atoms with Crippen LogP contribution in [0.2, 0.25) is 0 Å². The lowest BCUT2D eigenvalue weighted by atomic mass is 10.1. The number of hydrogen-bond donors (Lipinski definition) is 1. The highest BCUT2D eigenvalue weighted by Crippen LogP contribution is 2.18. The second kappa shape index (κ2) is 10.6. The second-order valence-electron chi connectivity index (χ2n) is 8.43. The standard InChI is InChI=1S/C24H31N3O5S/c1-31-21-9-7-19(8-10-21)18-26-11-13-27(14-12-26)24(28)20-4-2-6-23(16-20)33(29,30)25-17-22-5-3-15-32-22/h2,4,6-10,16,22,25H,3,5,11-15,17-18H2,1H3/t22-/m1/s1. The van der Waals surface area contributed by atoms with Crippen LogP contribution in [-0.4, -0.2) is 76.7 Å². The van der Waals surface area contributed by atoms with Gasteiger partial charge in [0, 0.05) is 51.4 Å². The summed E-state index contributed by atoms with van der Waals surface area (Å²) in [6.07, 6.45) is 1.72. The molecule has 0 radical (unpaired) electrons. The monoisotopic (exact) mass is 473 g/mol. The van der Waals surface area contributed by atoms with Crippen LogP contribution in [0.3, 0.4) is 0 Å². The van der Waals surface area contributed by atoms with Crippen molar-refractivity contribution in [1.82, 2.24) is 14.5 Å². The minimum absolute atomic E-state index is 0.0844. The third-order valence-corrected chi connectivity index (χ3v) is 7.56. The summed E-state index contributed by atoms with van der Waals surface area (Å²) in [6.45, 7) is 4.46. The minimum atomic E-state index is -3.70. The van der Waals surface area contributed by atoms with Gasteiger partial charge in [-0.3, -0.25) is 9.69 Å². The summed E-state index contributed by atoms with van der Waals surface area (Å²) >= 11 is 0. The molecule has 0 spiro atoms. The lowest BCUT2D eigenvalue weighted by molar-refractivity contribution is 0.0628. The smallest absolute Gasteiger partial charge is 0.253 e. The number of carbonyl (C=O) groups is 1. The van der Waals surface area contributed by atoms with Gasteiger partial charge in [-0.15, -0.1) is 0 Å². The van der Waals surface area contributed by atoms with Crippen LogP contribution >= 0.6 is 0 Å². The van der Waals surface area contributed by atoms with Gasteiger partial charge in [-0.2, -0.15) is 0 Å². The van der Waals surface area contributed by atoms with Crippen LogP contribution in [0.1, 0.15) is 28.8 Å². The van der Waals surface area contributed by atoms with Crippen molar-refractivity contribution in [3.05, 3.63) is 59.7 Å². The van der Waals surface area contributed by atoms with E-state index in [1.807, 2.05) is 12.1 Å². The lowest BCUT2D eigenvalue weighted by Gasteiger charge is -2.34. The molecular weight excluding hydrogens is 442 g/mol. The topological polar surface area (TPSA) is 88.2 Å². The summed E-state index contributed by atoms with van der Waals surface area (Å²) in [5, 5.41) is 0. The molecule has 2 aromatic carbocycles. The number of carbonyl (C=O) groups excluding carboxylic acids is 1. The van der Waals surface area contributed by atoms with E-state index in [9.17, 15) is 13.2 Å². The molecule has 0 unspecified atom stereocenters. The molecule has 8 nitrogen and oxygen atoms in total. The molecule has 2 aliphatic rings. The first-order valence-electron chi connectivity index (χ1n) is 11.3. The van der Waals surface area contributed by atoms with Gasteiger partial charge in [0.2, 0.25) is 10.0 Å². The SMILES string of the molecule is COc1ccc(CN2CCN(C(=O)c3cccc(S(=O)(=O)NC[C@H]4CCCO4)c3)CC2)cc1. The Bertz CT molecular complexity index is 1040. The normalized spacial score (nSPS) is 19.5. The number of piperazine rings is 1. The van der Waals surface area contributed by atoms with Crippen molar-refractivity contribution in [2.45, 2.75) is 30.4 Å². The number of methoxy groups -OCH3 is 1. The van der Waals surface area contributed by atoms with Crippen molar-refractivity contribution in [3.8, 4) is 5.75 Å². The first-order chi connectivity index (χ1) is 15.9. The van der Waals surface area contributed by atoms with E-state index in [4.69, 9.17) is 9.47 Å². The molecule has 0 bridgehead atoms. The summed E-state index contributed by atoms with van der Waals surface area (Å²) in [6, 6.07) is 14.3. The summed E-state index contributed by atoms with van der Waals surface area (Å²) in [5.41, 5.74) is 1.59.